The molecule has 1 aromatic carbocycles. The van der Waals surface area contributed by atoms with Crippen molar-refractivity contribution in [3.8, 4) is 0 Å². The molecule has 0 aliphatic heterocycles. The third-order valence-electron chi connectivity index (χ3n) is 3.89. The third-order valence-corrected chi connectivity index (χ3v) is 4.20. The van der Waals surface area contributed by atoms with Crippen LogP contribution >= 0.6 is 22.6 Å². The van der Waals surface area contributed by atoms with Crippen molar-refractivity contribution in [2.45, 2.75) is 47.3 Å². The molecule has 0 saturated heterocycles. The number of halogens is 1. The largest absolute Gasteiger partial charge is 0.463 e. The van der Waals surface area contributed by atoms with Crippen LogP contribution < -0.4 is 5.32 Å². The topological polar surface area (TPSA) is 90.9 Å². The number of amides is 1. The van der Waals surface area contributed by atoms with E-state index in [4.69, 9.17) is 14.2 Å². The molecule has 1 aromatic rings. The molecule has 0 aliphatic rings. The molecule has 0 spiro atoms. The van der Waals surface area contributed by atoms with Crippen LogP contribution in [0.1, 0.15) is 40.2 Å². The van der Waals surface area contributed by atoms with Crippen molar-refractivity contribution in [3.05, 3.63) is 35.9 Å². The van der Waals surface area contributed by atoms with E-state index in [0.29, 0.717) is 0 Å². The zero-order chi connectivity index (χ0) is 21.4. The van der Waals surface area contributed by atoms with Crippen LogP contribution in [0.15, 0.2) is 30.3 Å². The summed E-state index contributed by atoms with van der Waals surface area (Å²) < 4.78 is 15.7. The predicted molar refractivity (Wildman–Crippen MR) is 113 cm³/mol. The van der Waals surface area contributed by atoms with Gasteiger partial charge in [-0.05, 0) is 47.4 Å². The van der Waals surface area contributed by atoms with Crippen LogP contribution in [0.5, 0.6) is 0 Å². The van der Waals surface area contributed by atoms with Gasteiger partial charge in [-0.15, -0.1) is 0 Å². The number of nitrogens with one attached hydrogen (secondary N) is 1. The molecule has 0 unspecified atom stereocenters. The first kappa shape index (κ1) is 24.2. The lowest BCUT2D eigenvalue weighted by atomic mass is 9.86. The maximum absolute atomic E-state index is 12.6. The molecule has 1 atom stereocenters. The van der Waals surface area contributed by atoms with Gasteiger partial charge in [-0.2, -0.15) is 0 Å². The SMILES string of the molecule is CC(C)(COC(=O)[C@@H](NC(=O)OCc1ccccc1)C(C)(C)C)C(=O)OCI. The predicted octanol–water partition coefficient (Wildman–Crippen LogP) is 3.83. The third kappa shape index (κ3) is 8.04. The summed E-state index contributed by atoms with van der Waals surface area (Å²) in [6, 6.07) is 8.28. The van der Waals surface area contributed by atoms with E-state index in [1.165, 1.54) is 0 Å². The summed E-state index contributed by atoms with van der Waals surface area (Å²) in [6.45, 7) is 8.58. The van der Waals surface area contributed by atoms with E-state index in [1.807, 2.05) is 52.9 Å². The van der Waals surface area contributed by atoms with Gasteiger partial charge < -0.3 is 19.5 Å². The average molecular weight is 505 g/mol. The lowest BCUT2D eigenvalue weighted by molar-refractivity contribution is -0.161. The standard InChI is InChI=1S/C20H28INO6/c1-19(2,3)15(16(23)27-12-20(4,5)17(24)28-13-21)22-18(25)26-11-14-9-7-6-8-10-14/h6-10,15H,11-13H2,1-5H3,(H,22,25)/t15-/m1/s1. The van der Waals surface area contributed by atoms with Gasteiger partial charge in [0, 0.05) is 0 Å². The van der Waals surface area contributed by atoms with E-state index in [9.17, 15) is 14.4 Å². The molecule has 0 fully saturated rings. The van der Waals surface area contributed by atoms with E-state index < -0.39 is 34.9 Å². The summed E-state index contributed by atoms with van der Waals surface area (Å²) in [4.78, 5) is 36.7. The smallest absolute Gasteiger partial charge is 0.408 e. The second kappa shape index (κ2) is 10.6. The van der Waals surface area contributed by atoms with Gasteiger partial charge in [-0.3, -0.25) is 4.79 Å². The lowest BCUT2D eigenvalue weighted by Gasteiger charge is -2.30. The summed E-state index contributed by atoms with van der Waals surface area (Å²) in [5, 5.41) is 2.56. The highest BCUT2D eigenvalue weighted by atomic mass is 127. The van der Waals surface area contributed by atoms with Crippen LogP contribution in [0.3, 0.4) is 0 Å². The molecule has 0 heterocycles. The molecule has 1 N–H and O–H groups in total. The van der Waals surface area contributed by atoms with Crippen molar-refractivity contribution >= 4 is 40.6 Å². The molecule has 0 radical (unpaired) electrons. The van der Waals surface area contributed by atoms with Gasteiger partial charge in [0.1, 0.15) is 23.9 Å². The fourth-order valence-corrected chi connectivity index (χ4v) is 2.43. The van der Waals surface area contributed by atoms with E-state index in [0.717, 1.165) is 5.56 Å². The Morgan fingerprint density at radius 3 is 2.14 bits per heavy atom. The summed E-state index contributed by atoms with van der Waals surface area (Å²) >= 11 is 1.92. The molecule has 1 amide bonds. The van der Waals surface area contributed by atoms with Crippen LogP contribution in [0.2, 0.25) is 0 Å². The number of hydrogen-bond donors (Lipinski definition) is 1. The fraction of sp³-hybridized carbons (Fsp3) is 0.550. The first-order valence-corrected chi connectivity index (χ1v) is 10.4. The molecule has 7 nitrogen and oxygen atoms in total. The Morgan fingerprint density at radius 2 is 1.61 bits per heavy atom. The number of ether oxygens (including phenoxy) is 3. The quantitative estimate of drug-likeness (QED) is 0.250. The molecular weight excluding hydrogens is 477 g/mol. The fourth-order valence-electron chi connectivity index (χ4n) is 2.15. The van der Waals surface area contributed by atoms with Crippen LogP contribution in [0.25, 0.3) is 0 Å². The maximum Gasteiger partial charge on any atom is 0.408 e. The van der Waals surface area contributed by atoms with Crippen LogP contribution in [0.4, 0.5) is 4.79 Å². The lowest BCUT2D eigenvalue weighted by Crippen LogP contribution is -2.50. The first-order valence-electron chi connectivity index (χ1n) is 8.84. The van der Waals surface area contributed by atoms with E-state index >= 15 is 0 Å². The Bertz CT molecular complexity index is 669. The minimum atomic E-state index is -0.989. The monoisotopic (exact) mass is 505 g/mol. The van der Waals surface area contributed by atoms with Crippen LogP contribution in [-0.2, 0) is 30.4 Å². The van der Waals surface area contributed by atoms with Crippen molar-refractivity contribution in [1.29, 1.82) is 0 Å². The van der Waals surface area contributed by atoms with Gasteiger partial charge >= 0.3 is 18.0 Å². The van der Waals surface area contributed by atoms with Gasteiger partial charge in [-0.1, -0.05) is 51.1 Å². The van der Waals surface area contributed by atoms with E-state index in [1.54, 1.807) is 34.6 Å². The van der Waals surface area contributed by atoms with E-state index in [-0.39, 0.29) is 17.8 Å². The second-order valence-electron chi connectivity index (χ2n) is 8.04. The highest BCUT2D eigenvalue weighted by molar-refractivity contribution is 14.1. The Hall–Kier alpha value is -1.84. The number of rotatable bonds is 8. The molecule has 0 bridgehead atoms. The van der Waals surface area contributed by atoms with Crippen LogP contribution in [-0.4, -0.2) is 35.3 Å². The number of alkyl carbamates (subject to hydrolysis) is 1. The van der Waals surface area contributed by atoms with Gasteiger partial charge in [0.15, 0.2) is 0 Å². The number of carbonyl (C=O) groups is 3. The van der Waals surface area contributed by atoms with Crippen molar-refractivity contribution in [1.82, 2.24) is 5.32 Å². The van der Waals surface area contributed by atoms with Gasteiger partial charge in [0.25, 0.3) is 0 Å². The minimum Gasteiger partial charge on any atom is -0.463 e. The molecule has 1 rings (SSSR count). The molecule has 28 heavy (non-hydrogen) atoms. The molecule has 0 saturated carbocycles. The summed E-state index contributed by atoms with van der Waals surface area (Å²) in [5.74, 6) is -1.10. The molecule has 156 valence electrons. The average Bonchev–Trinajstić information content (AvgIpc) is 2.62. The van der Waals surface area contributed by atoms with Crippen molar-refractivity contribution in [2.75, 3.05) is 11.2 Å². The number of benzene rings is 1. The van der Waals surface area contributed by atoms with Gasteiger partial charge in [-0.25, -0.2) is 9.59 Å². The van der Waals surface area contributed by atoms with Crippen LogP contribution in [0, 0.1) is 10.8 Å². The normalized spacial score (nSPS) is 12.6. The number of alkyl halides is 1. The molecular formula is C20H28INO6. The van der Waals surface area contributed by atoms with E-state index in [2.05, 4.69) is 5.32 Å². The highest BCUT2D eigenvalue weighted by Crippen LogP contribution is 2.23. The Labute approximate surface area is 179 Å². The van der Waals surface area contributed by atoms with Gasteiger partial charge in [0.05, 0.1) is 5.41 Å². The second-order valence-corrected chi connectivity index (χ2v) is 8.66. The molecule has 8 heteroatoms. The van der Waals surface area contributed by atoms with Gasteiger partial charge in [0.2, 0.25) is 0 Å². The molecule has 0 aliphatic carbocycles. The van der Waals surface area contributed by atoms with Crippen molar-refractivity contribution < 1.29 is 28.6 Å². The van der Waals surface area contributed by atoms with Crippen molar-refractivity contribution in [2.24, 2.45) is 10.8 Å². The summed E-state index contributed by atoms with van der Waals surface area (Å²) in [7, 11) is 0. The first-order chi connectivity index (χ1) is 13.0. The van der Waals surface area contributed by atoms with Crippen molar-refractivity contribution in [3.63, 3.8) is 0 Å². The highest BCUT2D eigenvalue weighted by Gasteiger charge is 2.37. The minimum absolute atomic E-state index is 0.0910. The number of hydrogen-bond acceptors (Lipinski definition) is 6. The summed E-state index contributed by atoms with van der Waals surface area (Å²) in [5.41, 5.74) is -0.768. The Kier molecular flexibility index (Phi) is 9.19. The Balaban J connectivity index is 2.67. The zero-order valence-corrected chi connectivity index (χ0v) is 19.1. The maximum atomic E-state index is 12.6. The zero-order valence-electron chi connectivity index (χ0n) is 16.9. The Morgan fingerprint density at radius 1 is 1.00 bits per heavy atom. The number of carbonyl (C=O) groups excluding carboxylic acids is 3. The summed E-state index contributed by atoms with van der Waals surface area (Å²) in [6.07, 6.45) is -0.718. The molecule has 0 aromatic heterocycles. The number of esters is 2.